The number of carbonyl (C=O) groups excluding carboxylic acids is 2. The molecule has 0 radical (unpaired) electrons. The van der Waals surface area contributed by atoms with Gasteiger partial charge in [0.25, 0.3) is 11.8 Å². The van der Waals surface area contributed by atoms with Gasteiger partial charge in [-0.1, -0.05) is 6.07 Å². The summed E-state index contributed by atoms with van der Waals surface area (Å²) in [7, 11) is -3.52. The molecule has 2 N–H and O–H groups in total. The number of rotatable bonds is 4. The molecule has 1 heterocycles. The molecule has 1 aliphatic heterocycles. The van der Waals surface area contributed by atoms with E-state index in [1.807, 2.05) is 6.07 Å². The van der Waals surface area contributed by atoms with E-state index in [1.54, 1.807) is 18.2 Å². The summed E-state index contributed by atoms with van der Waals surface area (Å²) in [4.78, 5) is 24.4. The number of amides is 2. The highest BCUT2D eigenvalue weighted by atomic mass is 127. The molecule has 9 heteroatoms. The molecule has 142 valence electrons. The van der Waals surface area contributed by atoms with E-state index in [-0.39, 0.29) is 10.5 Å². The number of sulfonamides is 1. The molecule has 1 aliphatic rings. The van der Waals surface area contributed by atoms with Gasteiger partial charge in [-0.05, 0) is 77.9 Å². The Morgan fingerprint density at radius 2 is 1.48 bits per heavy atom. The van der Waals surface area contributed by atoms with Crippen molar-refractivity contribution in [3.8, 4) is 0 Å². The van der Waals surface area contributed by atoms with Crippen molar-refractivity contribution >= 4 is 44.4 Å². The topological polar surface area (TPSA) is 95.6 Å². The maximum Gasteiger partial charge on any atom is 0.269 e. The quantitative estimate of drug-likeness (QED) is 0.498. The lowest BCUT2D eigenvalue weighted by Gasteiger charge is -2.15. The largest absolute Gasteiger partial charge is 0.269 e. The maximum absolute atomic E-state index is 12.5. The number of carbonyl (C=O) groups is 2. The number of nitrogens with one attached hydrogen (secondary N) is 2. The molecule has 0 atom stereocenters. The Kier molecular flexibility index (Phi) is 6.12. The summed E-state index contributed by atoms with van der Waals surface area (Å²) in [6.07, 6.45) is 1.72. The van der Waals surface area contributed by atoms with E-state index in [4.69, 9.17) is 0 Å². The zero-order valence-corrected chi connectivity index (χ0v) is 17.3. The summed E-state index contributed by atoms with van der Waals surface area (Å²) in [5.74, 6) is -0.964. The van der Waals surface area contributed by atoms with E-state index >= 15 is 0 Å². The number of nitrogens with zero attached hydrogens (tertiary/aromatic N) is 1. The Hall–Kier alpha value is -1.98. The summed E-state index contributed by atoms with van der Waals surface area (Å²) >= 11 is 2.09. The summed E-state index contributed by atoms with van der Waals surface area (Å²) in [5.41, 5.74) is 5.35. The van der Waals surface area contributed by atoms with Crippen LogP contribution in [0, 0.1) is 3.57 Å². The Morgan fingerprint density at radius 3 is 2.07 bits per heavy atom. The van der Waals surface area contributed by atoms with E-state index in [1.165, 1.54) is 28.6 Å². The maximum atomic E-state index is 12.5. The first-order chi connectivity index (χ1) is 12.9. The molecule has 0 spiro atoms. The smallest absolute Gasteiger partial charge is 0.267 e. The minimum Gasteiger partial charge on any atom is -0.267 e. The number of hydrogen-bond acceptors (Lipinski definition) is 4. The SMILES string of the molecule is O=C(NNC(=O)c1cccc(I)c1)c1ccc(S(=O)(=O)N2CCCC2)cc1. The molecule has 0 bridgehead atoms. The average molecular weight is 499 g/mol. The van der Waals surface area contributed by atoms with Crippen LogP contribution in [0.15, 0.2) is 53.4 Å². The zero-order valence-electron chi connectivity index (χ0n) is 14.3. The van der Waals surface area contributed by atoms with Crippen LogP contribution < -0.4 is 10.9 Å². The highest BCUT2D eigenvalue weighted by molar-refractivity contribution is 14.1. The lowest BCUT2D eigenvalue weighted by Crippen LogP contribution is -2.41. The Labute approximate surface area is 171 Å². The number of hydrazine groups is 1. The van der Waals surface area contributed by atoms with Crippen molar-refractivity contribution in [1.29, 1.82) is 0 Å². The van der Waals surface area contributed by atoms with Crippen molar-refractivity contribution in [2.75, 3.05) is 13.1 Å². The molecule has 0 unspecified atom stereocenters. The van der Waals surface area contributed by atoms with Crippen LogP contribution in [0.3, 0.4) is 0 Å². The van der Waals surface area contributed by atoms with Crippen molar-refractivity contribution in [3.05, 3.63) is 63.2 Å². The van der Waals surface area contributed by atoms with Gasteiger partial charge in [0.05, 0.1) is 4.90 Å². The first-order valence-electron chi connectivity index (χ1n) is 8.34. The van der Waals surface area contributed by atoms with Crippen molar-refractivity contribution in [2.45, 2.75) is 17.7 Å². The van der Waals surface area contributed by atoms with Gasteiger partial charge in [-0.15, -0.1) is 0 Å². The Morgan fingerprint density at radius 1 is 0.889 bits per heavy atom. The van der Waals surface area contributed by atoms with E-state index in [0.717, 1.165) is 16.4 Å². The number of halogens is 1. The van der Waals surface area contributed by atoms with E-state index in [0.29, 0.717) is 18.7 Å². The van der Waals surface area contributed by atoms with Crippen molar-refractivity contribution < 1.29 is 18.0 Å². The number of benzene rings is 2. The molecule has 2 aromatic rings. The second-order valence-electron chi connectivity index (χ2n) is 6.05. The second kappa shape index (κ2) is 8.36. The first-order valence-corrected chi connectivity index (χ1v) is 10.9. The third kappa shape index (κ3) is 4.66. The van der Waals surface area contributed by atoms with Gasteiger partial charge in [0.15, 0.2) is 0 Å². The molecule has 27 heavy (non-hydrogen) atoms. The van der Waals surface area contributed by atoms with Gasteiger partial charge in [-0.3, -0.25) is 20.4 Å². The molecule has 0 aliphatic carbocycles. The lowest BCUT2D eigenvalue weighted by atomic mass is 10.2. The fourth-order valence-electron chi connectivity index (χ4n) is 2.74. The van der Waals surface area contributed by atoms with Crippen LogP contribution in [0.2, 0.25) is 0 Å². The van der Waals surface area contributed by atoms with Crippen LogP contribution in [-0.4, -0.2) is 37.6 Å². The molecule has 2 aromatic carbocycles. The molecule has 7 nitrogen and oxygen atoms in total. The molecule has 1 saturated heterocycles. The zero-order chi connectivity index (χ0) is 19.4. The highest BCUT2D eigenvalue weighted by Gasteiger charge is 2.27. The van der Waals surface area contributed by atoms with Crippen LogP contribution in [0.1, 0.15) is 33.6 Å². The van der Waals surface area contributed by atoms with Gasteiger partial charge in [0, 0.05) is 27.8 Å². The molecule has 0 saturated carbocycles. The summed E-state index contributed by atoms with van der Waals surface area (Å²) in [6.45, 7) is 1.05. The van der Waals surface area contributed by atoms with Crippen LogP contribution in [0.4, 0.5) is 0 Å². The van der Waals surface area contributed by atoms with Crippen LogP contribution >= 0.6 is 22.6 Å². The minimum atomic E-state index is -3.52. The van der Waals surface area contributed by atoms with Crippen LogP contribution in [-0.2, 0) is 10.0 Å². The number of hydrogen-bond donors (Lipinski definition) is 2. The third-order valence-corrected chi connectivity index (χ3v) is 6.78. The molecular formula is C18H18IN3O4S. The van der Waals surface area contributed by atoms with Gasteiger partial charge in [-0.2, -0.15) is 4.31 Å². The van der Waals surface area contributed by atoms with Crippen LogP contribution in [0.25, 0.3) is 0 Å². The molecule has 2 amide bonds. The van der Waals surface area contributed by atoms with Crippen molar-refractivity contribution in [3.63, 3.8) is 0 Å². The fraction of sp³-hybridized carbons (Fsp3) is 0.222. The van der Waals surface area contributed by atoms with E-state index < -0.39 is 21.8 Å². The normalized spacial score (nSPS) is 14.7. The third-order valence-electron chi connectivity index (χ3n) is 4.20. The van der Waals surface area contributed by atoms with Crippen molar-refractivity contribution in [1.82, 2.24) is 15.2 Å². The predicted octanol–water partition coefficient (Wildman–Crippen LogP) is 2.15. The predicted molar refractivity (Wildman–Crippen MR) is 109 cm³/mol. The molecular weight excluding hydrogens is 481 g/mol. The fourth-order valence-corrected chi connectivity index (χ4v) is 4.80. The van der Waals surface area contributed by atoms with Crippen molar-refractivity contribution in [2.24, 2.45) is 0 Å². The van der Waals surface area contributed by atoms with Gasteiger partial charge >= 0.3 is 0 Å². The minimum absolute atomic E-state index is 0.156. The first kappa shape index (κ1) is 19.8. The summed E-state index contributed by atoms with van der Waals surface area (Å²) < 4.78 is 27.3. The van der Waals surface area contributed by atoms with Crippen LogP contribution in [0.5, 0.6) is 0 Å². The second-order valence-corrected chi connectivity index (χ2v) is 9.24. The van der Waals surface area contributed by atoms with Gasteiger partial charge in [-0.25, -0.2) is 8.42 Å². The Balaban J connectivity index is 1.63. The molecule has 1 fully saturated rings. The average Bonchev–Trinajstić information content (AvgIpc) is 3.21. The van der Waals surface area contributed by atoms with E-state index in [2.05, 4.69) is 33.4 Å². The lowest BCUT2D eigenvalue weighted by molar-refractivity contribution is 0.0846. The van der Waals surface area contributed by atoms with Gasteiger partial charge in [0.1, 0.15) is 0 Å². The highest BCUT2D eigenvalue weighted by Crippen LogP contribution is 2.21. The van der Waals surface area contributed by atoms with Gasteiger partial charge < -0.3 is 0 Å². The molecule has 0 aromatic heterocycles. The molecule has 3 rings (SSSR count). The summed E-state index contributed by atoms with van der Waals surface area (Å²) in [6, 6.07) is 12.6. The van der Waals surface area contributed by atoms with E-state index in [9.17, 15) is 18.0 Å². The summed E-state index contributed by atoms with van der Waals surface area (Å²) in [5, 5.41) is 0. The Bertz CT molecular complexity index is 955. The van der Waals surface area contributed by atoms with Gasteiger partial charge in [0.2, 0.25) is 10.0 Å². The standard InChI is InChI=1S/C18H18IN3O4S/c19-15-5-3-4-14(12-15)18(24)21-20-17(23)13-6-8-16(9-7-13)27(25,26)22-10-1-2-11-22/h3-9,12H,1-2,10-11H2,(H,20,23)(H,21,24). The monoisotopic (exact) mass is 499 g/mol.